The lowest BCUT2D eigenvalue weighted by Gasteiger charge is -2.13. The van der Waals surface area contributed by atoms with Gasteiger partial charge in [0.2, 0.25) is 0 Å². The zero-order valence-corrected chi connectivity index (χ0v) is 12.3. The molecule has 0 aliphatic heterocycles. The van der Waals surface area contributed by atoms with Crippen molar-refractivity contribution in [2.24, 2.45) is 0 Å². The molecule has 0 saturated heterocycles. The summed E-state index contributed by atoms with van der Waals surface area (Å²) in [7, 11) is 1.56. The standard InChI is InChI=1S/C17H16N2O3/c1-3-8-18-16(20)15-10-11-9-13(22-2)6-7-14(11)17(21)19(15)12-4-5-12/h1,6-7,9-10,12H,4-5,8H2,2H3,(H,18,20). The van der Waals surface area contributed by atoms with Gasteiger partial charge in [-0.3, -0.25) is 9.59 Å². The van der Waals surface area contributed by atoms with Gasteiger partial charge in [0, 0.05) is 11.4 Å². The highest BCUT2D eigenvalue weighted by molar-refractivity contribution is 5.97. The second-order valence-corrected chi connectivity index (χ2v) is 5.28. The van der Waals surface area contributed by atoms with Crippen molar-refractivity contribution in [3.8, 4) is 18.1 Å². The second-order valence-electron chi connectivity index (χ2n) is 5.28. The van der Waals surface area contributed by atoms with Crippen LogP contribution in [-0.4, -0.2) is 24.1 Å². The number of benzene rings is 1. The molecule has 1 heterocycles. The summed E-state index contributed by atoms with van der Waals surface area (Å²) < 4.78 is 6.77. The molecule has 5 heteroatoms. The van der Waals surface area contributed by atoms with E-state index in [0.717, 1.165) is 12.8 Å². The highest BCUT2D eigenvalue weighted by Crippen LogP contribution is 2.35. The van der Waals surface area contributed by atoms with E-state index in [4.69, 9.17) is 11.2 Å². The molecule has 1 aliphatic rings. The third kappa shape index (κ3) is 2.44. The molecular weight excluding hydrogens is 280 g/mol. The quantitative estimate of drug-likeness (QED) is 0.874. The Labute approximate surface area is 127 Å². The Hall–Kier alpha value is -2.74. The van der Waals surface area contributed by atoms with E-state index in [-0.39, 0.29) is 24.1 Å². The van der Waals surface area contributed by atoms with Crippen LogP contribution in [0.5, 0.6) is 5.75 Å². The van der Waals surface area contributed by atoms with Crippen LogP contribution >= 0.6 is 0 Å². The Morgan fingerprint density at radius 1 is 1.45 bits per heavy atom. The monoisotopic (exact) mass is 296 g/mol. The number of nitrogens with one attached hydrogen (secondary N) is 1. The molecule has 1 amide bonds. The molecule has 112 valence electrons. The van der Waals surface area contributed by atoms with Crippen molar-refractivity contribution in [3.05, 3.63) is 40.3 Å². The Morgan fingerprint density at radius 2 is 2.23 bits per heavy atom. The third-order valence-electron chi connectivity index (χ3n) is 3.76. The van der Waals surface area contributed by atoms with Gasteiger partial charge in [0.05, 0.1) is 13.7 Å². The molecule has 1 saturated carbocycles. The van der Waals surface area contributed by atoms with Gasteiger partial charge >= 0.3 is 0 Å². The molecule has 0 radical (unpaired) electrons. The molecule has 0 spiro atoms. The summed E-state index contributed by atoms with van der Waals surface area (Å²) in [5, 5.41) is 3.90. The Kier molecular flexibility index (Phi) is 3.60. The molecule has 1 N–H and O–H groups in total. The van der Waals surface area contributed by atoms with Crippen LogP contribution in [-0.2, 0) is 0 Å². The largest absolute Gasteiger partial charge is 0.497 e. The minimum atomic E-state index is -0.327. The van der Waals surface area contributed by atoms with E-state index >= 15 is 0 Å². The highest BCUT2D eigenvalue weighted by atomic mass is 16.5. The fourth-order valence-corrected chi connectivity index (χ4v) is 2.53. The molecule has 0 atom stereocenters. The Morgan fingerprint density at radius 3 is 2.86 bits per heavy atom. The summed E-state index contributed by atoms with van der Waals surface area (Å²) in [4.78, 5) is 25.0. The van der Waals surface area contributed by atoms with Gasteiger partial charge in [-0.05, 0) is 42.5 Å². The van der Waals surface area contributed by atoms with Gasteiger partial charge in [0.15, 0.2) is 0 Å². The van der Waals surface area contributed by atoms with Crippen molar-refractivity contribution < 1.29 is 9.53 Å². The Bertz CT molecular complexity index is 841. The van der Waals surface area contributed by atoms with Crippen molar-refractivity contribution in [3.63, 3.8) is 0 Å². The van der Waals surface area contributed by atoms with Gasteiger partial charge in [-0.15, -0.1) is 6.42 Å². The van der Waals surface area contributed by atoms with Crippen LogP contribution in [0, 0.1) is 12.3 Å². The summed E-state index contributed by atoms with van der Waals surface area (Å²) in [5.41, 5.74) is 0.206. The number of carbonyl (C=O) groups is 1. The number of amides is 1. The number of methoxy groups -OCH3 is 1. The van der Waals surface area contributed by atoms with Gasteiger partial charge in [0.1, 0.15) is 11.4 Å². The minimum absolute atomic E-state index is 0.102. The van der Waals surface area contributed by atoms with Crippen LogP contribution in [0.15, 0.2) is 29.1 Å². The fourth-order valence-electron chi connectivity index (χ4n) is 2.53. The molecule has 0 unspecified atom stereocenters. The van der Waals surface area contributed by atoms with Crippen LogP contribution < -0.4 is 15.6 Å². The van der Waals surface area contributed by atoms with E-state index in [1.807, 2.05) is 0 Å². The zero-order valence-electron chi connectivity index (χ0n) is 12.3. The number of rotatable bonds is 4. The number of carbonyl (C=O) groups excluding carboxylic acids is 1. The summed E-state index contributed by atoms with van der Waals surface area (Å²) in [5.74, 6) is 2.68. The first-order valence-electron chi connectivity index (χ1n) is 7.10. The first-order valence-corrected chi connectivity index (χ1v) is 7.10. The van der Waals surface area contributed by atoms with Crippen LogP contribution in [0.25, 0.3) is 10.8 Å². The average molecular weight is 296 g/mol. The fraction of sp³-hybridized carbons (Fsp3) is 0.294. The highest BCUT2D eigenvalue weighted by Gasteiger charge is 2.29. The topological polar surface area (TPSA) is 60.3 Å². The molecule has 5 nitrogen and oxygen atoms in total. The van der Waals surface area contributed by atoms with Crippen molar-refractivity contribution >= 4 is 16.7 Å². The zero-order chi connectivity index (χ0) is 15.7. The number of terminal acetylenes is 1. The maximum atomic E-state index is 12.7. The molecule has 0 bridgehead atoms. The number of hydrogen-bond acceptors (Lipinski definition) is 3. The van der Waals surface area contributed by atoms with Gasteiger partial charge < -0.3 is 14.6 Å². The lowest BCUT2D eigenvalue weighted by atomic mass is 10.1. The second kappa shape index (κ2) is 5.57. The maximum absolute atomic E-state index is 12.7. The van der Waals surface area contributed by atoms with Gasteiger partial charge in [-0.25, -0.2) is 0 Å². The van der Waals surface area contributed by atoms with Crippen molar-refractivity contribution in [2.45, 2.75) is 18.9 Å². The lowest BCUT2D eigenvalue weighted by molar-refractivity contribution is 0.0948. The molecule has 2 aromatic rings. The predicted molar refractivity (Wildman–Crippen MR) is 84.2 cm³/mol. The summed E-state index contributed by atoms with van der Waals surface area (Å²) in [6, 6.07) is 7.07. The predicted octanol–water partition coefficient (Wildman–Crippen LogP) is 1.71. The minimum Gasteiger partial charge on any atom is -0.497 e. The van der Waals surface area contributed by atoms with Crippen molar-refractivity contribution in [1.82, 2.24) is 9.88 Å². The molecule has 1 aromatic carbocycles. The molecule has 22 heavy (non-hydrogen) atoms. The van der Waals surface area contributed by atoms with Crippen LogP contribution in [0.1, 0.15) is 29.4 Å². The number of pyridine rings is 1. The van der Waals surface area contributed by atoms with E-state index in [1.54, 1.807) is 35.9 Å². The molecular formula is C17H16N2O3. The van der Waals surface area contributed by atoms with Gasteiger partial charge in [-0.2, -0.15) is 0 Å². The summed E-state index contributed by atoms with van der Waals surface area (Å²) >= 11 is 0. The molecule has 3 rings (SSSR count). The number of nitrogens with zero attached hydrogens (tertiary/aromatic N) is 1. The number of hydrogen-bond donors (Lipinski definition) is 1. The SMILES string of the molecule is C#CCNC(=O)c1cc2cc(OC)ccc2c(=O)n1C1CC1. The third-order valence-corrected chi connectivity index (χ3v) is 3.76. The average Bonchev–Trinajstić information content (AvgIpc) is 3.36. The molecule has 1 aliphatic carbocycles. The van der Waals surface area contributed by atoms with Crippen molar-refractivity contribution in [1.29, 1.82) is 0 Å². The first-order chi connectivity index (χ1) is 10.7. The van der Waals surface area contributed by atoms with E-state index in [0.29, 0.717) is 22.2 Å². The van der Waals surface area contributed by atoms with E-state index in [2.05, 4.69) is 11.2 Å². The van der Waals surface area contributed by atoms with E-state index < -0.39 is 0 Å². The van der Waals surface area contributed by atoms with Gasteiger partial charge in [0.25, 0.3) is 11.5 Å². The van der Waals surface area contributed by atoms with E-state index in [1.165, 1.54) is 0 Å². The first kappa shape index (κ1) is 14.2. The molecule has 1 fully saturated rings. The van der Waals surface area contributed by atoms with Crippen LogP contribution in [0.2, 0.25) is 0 Å². The van der Waals surface area contributed by atoms with Crippen LogP contribution in [0.4, 0.5) is 0 Å². The van der Waals surface area contributed by atoms with Gasteiger partial charge in [-0.1, -0.05) is 5.92 Å². The summed E-state index contributed by atoms with van der Waals surface area (Å²) in [6.45, 7) is 0.133. The number of fused-ring (bicyclic) bond motifs is 1. The lowest BCUT2D eigenvalue weighted by Crippen LogP contribution is -2.32. The normalized spacial score (nSPS) is 13.6. The van der Waals surface area contributed by atoms with Crippen LogP contribution in [0.3, 0.4) is 0 Å². The summed E-state index contributed by atoms with van der Waals surface area (Å²) in [6.07, 6.45) is 7.00. The molecule has 1 aromatic heterocycles. The smallest absolute Gasteiger partial charge is 0.268 e. The maximum Gasteiger partial charge on any atom is 0.268 e. The Balaban J connectivity index is 2.20. The van der Waals surface area contributed by atoms with Crippen molar-refractivity contribution in [2.75, 3.05) is 13.7 Å². The number of aromatic nitrogens is 1. The number of ether oxygens (including phenoxy) is 1. The van der Waals surface area contributed by atoms with E-state index in [9.17, 15) is 9.59 Å².